The van der Waals surface area contributed by atoms with Crippen LogP contribution in [-0.4, -0.2) is 33.9 Å². The van der Waals surface area contributed by atoms with Gasteiger partial charge in [0.25, 0.3) is 0 Å². The normalized spacial score (nSPS) is 8.39. The maximum absolute atomic E-state index is 11.2. The van der Waals surface area contributed by atoms with Crippen LogP contribution in [-0.2, 0) is 4.74 Å². The summed E-state index contributed by atoms with van der Waals surface area (Å²) < 4.78 is 4.76. The lowest BCUT2D eigenvalue weighted by molar-refractivity contribution is 0.176. The summed E-state index contributed by atoms with van der Waals surface area (Å²) in [5.41, 5.74) is 0.572. The molecular weight excluding hydrogens is 293 g/mol. The van der Waals surface area contributed by atoms with Crippen molar-refractivity contribution < 1.29 is 14.3 Å². The van der Waals surface area contributed by atoms with Gasteiger partial charge in [-0.1, -0.05) is 29.5 Å². The van der Waals surface area contributed by atoms with Gasteiger partial charge in [-0.3, -0.25) is 5.32 Å². The van der Waals surface area contributed by atoms with E-state index in [1.165, 1.54) is 0 Å². The van der Waals surface area contributed by atoms with Crippen LogP contribution in [0.15, 0.2) is 24.3 Å². The summed E-state index contributed by atoms with van der Waals surface area (Å²) in [6, 6.07) is 6.76. The molecule has 0 aromatic heterocycles. The fourth-order valence-corrected chi connectivity index (χ4v) is 1.20. The second-order valence-electron chi connectivity index (χ2n) is 2.70. The molecule has 4 nitrogen and oxygen atoms in total. The minimum Gasteiger partial charge on any atom is -0.442 e. The van der Waals surface area contributed by atoms with Crippen molar-refractivity contribution in [3.63, 3.8) is 0 Å². The number of hydrogen-bond acceptors (Lipinski definition) is 3. The van der Waals surface area contributed by atoms with E-state index in [9.17, 15) is 4.79 Å². The third kappa shape index (κ3) is 7.98. The van der Waals surface area contributed by atoms with E-state index in [1.54, 1.807) is 24.3 Å². The molecule has 1 rings (SSSR count). The third-order valence-corrected chi connectivity index (χ3v) is 1.91. The smallest absolute Gasteiger partial charge is 0.412 e. The second-order valence-corrected chi connectivity index (χ2v) is 3.40. The van der Waals surface area contributed by atoms with E-state index in [1.807, 2.05) is 0 Å². The predicted octanol–water partition coefficient (Wildman–Crippen LogP) is 1.39. The summed E-state index contributed by atoms with van der Waals surface area (Å²) in [6.45, 7) is 0.0130. The first-order valence-corrected chi connectivity index (χ1v) is 6.69. The number of amides is 1. The zero-order valence-electron chi connectivity index (χ0n) is 9.74. The van der Waals surface area contributed by atoms with E-state index in [2.05, 4.69) is 17.2 Å². The largest absolute Gasteiger partial charge is 0.442 e. The van der Waals surface area contributed by atoms with Gasteiger partial charge in [0.05, 0.1) is 5.88 Å². The second kappa shape index (κ2) is 10.9. The summed E-state index contributed by atoms with van der Waals surface area (Å²) >= 11 is 11.1. The summed E-state index contributed by atoms with van der Waals surface area (Å²) in [5.74, 6) is 5.36. The maximum atomic E-state index is 11.2. The lowest BCUT2D eigenvalue weighted by Gasteiger charge is -2.04. The molecule has 2 N–H and O–H groups in total. The molecule has 0 spiro atoms. The van der Waals surface area contributed by atoms with Gasteiger partial charge < -0.3 is 9.53 Å². The first-order valence-electron chi connectivity index (χ1n) is 4.88. The minimum absolute atomic E-state index is 0.0130. The Kier molecular flexibility index (Phi) is 10.2. The van der Waals surface area contributed by atoms with Crippen molar-refractivity contribution in [2.45, 2.75) is 0 Å². The molecule has 0 fully saturated rings. The van der Waals surface area contributed by atoms with E-state index in [4.69, 9.17) is 32.7 Å². The maximum Gasteiger partial charge on any atom is 0.412 e. The van der Waals surface area contributed by atoms with Gasteiger partial charge in [-0.15, -0.1) is 11.6 Å². The number of benzene rings is 1. The van der Waals surface area contributed by atoms with E-state index < -0.39 is 6.09 Å². The highest BCUT2D eigenvalue weighted by Crippen LogP contribution is 2.14. The topological polar surface area (TPSA) is 58.6 Å². The van der Waals surface area contributed by atoms with Crippen LogP contribution in [0.2, 0.25) is 5.02 Å². The summed E-state index contributed by atoms with van der Waals surface area (Å²) in [7, 11) is 0.306. The molecule has 1 aromatic carbocycles. The van der Waals surface area contributed by atoms with Crippen LogP contribution < -0.4 is 5.32 Å². The molecule has 0 bridgehead atoms. The lowest BCUT2D eigenvalue weighted by atomic mass is 10.3. The molecule has 98 valence electrons. The Hall–Kier alpha value is -1.19. The summed E-state index contributed by atoms with van der Waals surface area (Å²) in [5, 5.41) is 3.05. The summed E-state index contributed by atoms with van der Waals surface area (Å²) in [4.78, 5) is 18.3. The number of carbonyl (C=O) groups is 1. The van der Waals surface area contributed by atoms with Crippen LogP contribution >= 0.6 is 23.2 Å². The van der Waals surface area contributed by atoms with Crippen molar-refractivity contribution in [3.8, 4) is 11.8 Å². The Morgan fingerprint density at radius 1 is 1.44 bits per heavy atom. The SMILES string of the molecule is O=C(Nc1cccc(Cl)c1)OCC#CCCl.O[SiH3]. The lowest BCUT2D eigenvalue weighted by Crippen LogP contribution is -2.13. The molecule has 7 heteroatoms. The van der Waals surface area contributed by atoms with Gasteiger partial charge in [0, 0.05) is 10.7 Å². The van der Waals surface area contributed by atoms with E-state index in [0.717, 1.165) is 0 Å². The highest BCUT2D eigenvalue weighted by molar-refractivity contribution is 6.30. The average Bonchev–Trinajstić information content (AvgIpc) is 2.37. The van der Waals surface area contributed by atoms with Crippen molar-refractivity contribution in [1.29, 1.82) is 0 Å². The van der Waals surface area contributed by atoms with Crippen molar-refractivity contribution in [2.24, 2.45) is 0 Å². The van der Waals surface area contributed by atoms with Crippen molar-refractivity contribution in [3.05, 3.63) is 29.3 Å². The predicted molar refractivity (Wildman–Crippen MR) is 77.1 cm³/mol. The fraction of sp³-hybridized carbons (Fsp3) is 0.182. The molecule has 0 saturated heterocycles. The number of anilines is 1. The Balaban J connectivity index is 0.00000137. The van der Waals surface area contributed by atoms with Gasteiger partial charge in [0.15, 0.2) is 6.61 Å². The van der Waals surface area contributed by atoms with Crippen molar-refractivity contribution in [2.75, 3.05) is 17.8 Å². The molecule has 1 amide bonds. The Labute approximate surface area is 119 Å². The fourth-order valence-electron chi connectivity index (χ4n) is 0.920. The van der Waals surface area contributed by atoms with E-state index in [0.29, 0.717) is 21.2 Å². The van der Waals surface area contributed by atoms with Crippen LogP contribution in [0.3, 0.4) is 0 Å². The van der Waals surface area contributed by atoms with Gasteiger partial charge in [0.1, 0.15) is 10.5 Å². The molecule has 0 aliphatic carbocycles. The Bertz CT molecular complexity index is 432. The Morgan fingerprint density at radius 3 is 2.78 bits per heavy atom. The first-order chi connectivity index (χ1) is 8.72. The van der Waals surface area contributed by atoms with E-state index >= 15 is 0 Å². The molecule has 0 saturated carbocycles. The number of hydrogen-bond donors (Lipinski definition) is 2. The van der Waals surface area contributed by atoms with Gasteiger partial charge >= 0.3 is 6.09 Å². The molecule has 0 aliphatic rings. The van der Waals surface area contributed by atoms with Gasteiger partial charge in [-0.2, -0.15) is 0 Å². The first kappa shape index (κ1) is 16.8. The Morgan fingerprint density at radius 2 is 2.17 bits per heavy atom. The molecule has 18 heavy (non-hydrogen) atoms. The van der Waals surface area contributed by atoms with Gasteiger partial charge in [-0.05, 0) is 18.2 Å². The highest BCUT2D eigenvalue weighted by atomic mass is 35.5. The molecule has 0 atom stereocenters. The molecule has 1 aromatic rings. The van der Waals surface area contributed by atoms with Crippen molar-refractivity contribution >= 4 is 45.5 Å². The third-order valence-electron chi connectivity index (χ3n) is 1.54. The number of rotatable bonds is 2. The summed E-state index contributed by atoms with van der Waals surface area (Å²) in [6.07, 6.45) is -0.578. The van der Waals surface area contributed by atoms with Gasteiger partial charge in [0.2, 0.25) is 0 Å². The number of nitrogens with one attached hydrogen (secondary N) is 1. The highest BCUT2D eigenvalue weighted by Gasteiger charge is 2.01. The van der Waals surface area contributed by atoms with Crippen LogP contribution in [0.4, 0.5) is 10.5 Å². The van der Waals surface area contributed by atoms with Crippen LogP contribution in [0.25, 0.3) is 0 Å². The molecule has 0 radical (unpaired) electrons. The monoisotopic (exact) mass is 305 g/mol. The minimum atomic E-state index is -0.578. The molecule has 0 unspecified atom stereocenters. The average molecular weight is 306 g/mol. The van der Waals surface area contributed by atoms with Crippen molar-refractivity contribution in [1.82, 2.24) is 0 Å². The van der Waals surface area contributed by atoms with Crippen LogP contribution in [0.1, 0.15) is 0 Å². The van der Waals surface area contributed by atoms with E-state index in [-0.39, 0.29) is 12.5 Å². The van der Waals surface area contributed by atoms with Crippen LogP contribution in [0.5, 0.6) is 0 Å². The zero-order chi connectivity index (χ0) is 13.8. The number of carbonyl (C=O) groups excluding carboxylic acids is 1. The molecular formula is C11H13Cl2NO3Si. The molecule has 0 aliphatic heterocycles. The zero-order valence-corrected chi connectivity index (χ0v) is 13.3. The van der Waals surface area contributed by atoms with Gasteiger partial charge in [-0.25, -0.2) is 4.79 Å². The van der Waals surface area contributed by atoms with Crippen LogP contribution in [0, 0.1) is 11.8 Å². The quantitative estimate of drug-likeness (QED) is 0.493. The standard InChI is InChI=1S/C11H9Cl2NO2.H4OSi/c12-6-1-2-7-16-11(15)14-10-5-3-4-9(13)8-10;1-2/h3-5,8H,6-7H2,(H,14,15);1H,2H3. The number of halogens is 2. The number of alkyl halides is 1. The number of ether oxygens (including phenoxy) is 1. The molecule has 0 heterocycles.